The smallest absolute Gasteiger partial charge is 0.239 e. The number of nitrogens with one attached hydrogen (secondary N) is 1. The van der Waals surface area contributed by atoms with Gasteiger partial charge in [0.15, 0.2) is 0 Å². The SMILES string of the molecule is CCNC1CCN(CCCN2CCCCC2C)C1=O. The van der Waals surface area contributed by atoms with E-state index in [1.165, 1.54) is 25.8 Å². The zero-order valence-electron chi connectivity index (χ0n) is 12.5. The molecule has 19 heavy (non-hydrogen) atoms. The van der Waals surface area contributed by atoms with Crippen molar-refractivity contribution in [3.05, 3.63) is 0 Å². The number of carbonyl (C=O) groups excluding carboxylic acids is 1. The second-order valence-electron chi connectivity index (χ2n) is 5.96. The monoisotopic (exact) mass is 267 g/mol. The highest BCUT2D eigenvalue weighted by atomic mass is 16.2. The lowest BCUT2D eigenvalue weighted by atomic mass is 10.0. The van der Waals surface area contributed by atoms with Gasteiger partial charge in [-0.3, -0.25) is 4.79 Å². The zero-order chi connectivity index (χ0) is 13.7. The Morgan fingerprint density at radius 2 is 2.05 bits per heavy atom. The molecule has 1 N–H and O–H groups in total. The van der Waals surface area contributed by atoms with Gasteiger partial charge in [-0.2, -0.15) is 0 Å². The molecule has 0 aromatic heterocycles. The van der Waals surface area contributed by atoms with Crippen LogP contribution in [0.2, 0.25) is 0 Å². The van der Waals surface area contributed by atoms with E-state index in [-0.39, 0.29) is 6.04 Å². The summed E-state index contributed by atoms with van der Waals surface area (Å²) >= 11 is 0. The van der Waals surface area contributed by atoms with Crippen molar-refractivity contribution in [2.24, 2.45) is 0 Å². The number of hydrogen-bond donors (Lipinski definition) is 1. The van der Waals surface area contributed by atoms with Crippen molar-refractivity contribution in [1.82, 2.24) is 15.1 Å². The molecule has 0 spiro atoms. The summed E-state index contributed by atoms with van der Waals surface area (Å²) in [4.78, 5) is 16.7. The van der Waals surface area contributed by atoms with Crippen LogP contribution in [-0.4, -0.2) is 60.5 Å². The topological polar surface area (TPSA) is 35.6 Å². The van der Waals surface area contributed by atoms with E-state index in [4.69, 9.17) is 0 Å². The molecule has 0 saturated carbocycles. The molecule has 2 aliphatic heterocycles. The number of nitrogens with zero attached hydrogens (tertiary/aromatic N) is 2. The molecule has 2 unspecified atom stereocenters. The first-order chi connectivity index (χ1) is 9.22. The van der Waals surface area contributed by atoms with Gasteiger partial charge in [-0.1, -0.05) is 13.3 Å². The third-order valence-corrected chi connectivity index (χ3v) is 4.56. The molecular weight excluding hydrogens is 238 g/mol. The molecule has 4 nitrogen and oxygen atoms in total. The van der Waals surface area contributed by atoms with Crippen molar-refractivity contribution in [1.29, 1.82) is 0 Å². The zero-order valence-corrected chi connectivity index (χ0v) is 12.5. The van der Waals surface area contributed by atoms with Gasteiger partial charge in [-0.25, -0.2) is 0 Å². The van der Waals surface area contributed by atoms with E-state index in [0.717, 1.165) is 45.1 Å². The Morgan fingerprint density at radius 3 is 2.79 bits per heavy atom. The molecule has 0 aromatic carbocycles. The maximum atomic E-state index is 12.1. The molecular formula is C15H29N3O. The van der Waals surface area contributed by atoms with Crippen molar-refractivity contribution in [2.45, 2.75) is 58.0 Å². The summed E-state index contributed by atoms with van der Waals surface area (Å²) in [7, 11) is 0. The van der Waals surface area contributed by atoms with Gasteiger partial charge in [0.05, 0.1) is 6.04 Å². The highest BCUT2D eigenvalue weighted by molar-refractivity contribution is 5.83. The minimum atomic E-state index is 0.0823. The van der Waals surface area contributed by atoms with Gasteiger partial charge in [0.25, 0.3) is 0 Å². The van der Waals surface area contributed by atoms with Crippen LogP contribution in [0.25, 0.3) is 0 Å². The summed E-state index contributed by atoms with van der Waals surface area (Å²) in [5.41, 5.74) is 0. The standard InChI is InChI=1S/C15H29N3O/c1-3-16-14-8-12-18(15(14)19)11-6-10-17-9-5-4-7-13(17)2/h13-14,16H,3-12H2,1-2H3. The summed E-state index contributed by atoms with van der Waals surface area (Å²) in [5, 5.41) is 3.27. The molecule has 2 heterocycles. The number of hydrogen-bond acceptors (Lipinski definition) is 3. The van der Waals surface area contributed by atoms with E-state index >= 15 is 0 Å². The molecule has 2 saturated heterocycles. The van der Waals surface area contributed by atoms with Crippen molar-refractivity contribution >= 4 is 5.91 Å². The van der Waals surface area contributed by atoms with Crippen LogP contribution < -0.4 is 5.32 Å². The number of likely N-dealkylation sites (N-methyl/N-ethyl adjacent to an activating group) is 1. The van der Waals surface area contributed by atoms with E-state index in [1.54, 1.807) is 0 Å². The van der Waals surface area contributed by atoms with Gasteiger partial charge in [0, 0.05) is 25.7 Å². The lowest BCUT2D eigenvalue weighted by Crippen LogP contribution is -2.41. The predicted octanol–water partition coefficient (Wildman–Crippen LogP) is 1.46. The Balaban J connectivity index is 1.67. The second kappa shape index (κ2) is 7.25. The van der Waals surface area contributed by atoms with Gasteiger partial charge < -0.3 is 15.1 Å². The van der Waals surface area contributed by atoms with E-state index < -0.39 is 0 Å². The first-order valence-corrected chi connectivity index (χ1v) is 7.98. The van der Waals surface area contributed by atoms with Crippen LogP contribution in [0, 0.1) is 0 Å². The molecule has 2 aliphatic rings. The molecule has 4 heteroatoms. The third kappa shape index (κ3) is 3.93. The summed E-state index contributed by atoms with van der Waals surface area (Å²) < 4.78 is 0. The van der Waals surface area contributed by atoms with Gasteiger partial charge >= 0.3 is 0 Å². The Labute approximate surface area is 117 Å². The lowest BCUT2D eigenvalue weighted by molar-refractivity contribution is -0.129. The van der Waals surface area contributed by atoms with Crippen LogP contribution in [0.5, 0.6) is 0 Å². The van der Waals surface area contributed by atoms with E-state index in [9.17, 15) is 4.79 Å². The minimum Gasteiger partial charge on any atom is -0.341 e. The molecule has 0 bridgehead atoms. The van der Waals surface area contributed by atoms with Gasteiger partial charge in [-0.05, 0) is 45.7 Å². The maximum absolute atomic E-state index is 12.1. The van der Waals surface area contributed by atoms with Crippen molar-refractivity contribution in [3.63, 3.8) is 0 Å². The second-order valence-corrected chi connectivity index (χ2v) is 5.96. The largest absolute Gasteiger partial charge is 0.341 e. The van der Waals surface area contributed by atoms with Gasteiger partial charge in [0.1, 0.15) is 0 Å². The average molecular weight is 267 g/mol. The number of amides is 1. The number of rotatable bonds is 6. The van der Waals surface area contributed by atoms with Crippen LogP contribution in [0.4, 0.5) is 0 Å². The Bertz CT molecular complexity index is 295. The van der Waals surface area contributed by atoms with Crippen molar-refractivity contribution in [2.75, 3.05) is 32.7 Å². The van der Waals surface area contributed by atoms with Crippen molar-refractivity contribution in [3.8, 4) is 0 Å². The molecule has 110 valence electrons. The van der Waals surface area contributed by atoms with E-state index in [2.05, 4.69) is 24.1 Å². The number of piperidine rings is 1. The van der Waals surface area contributed by atoms with Crippen LogP contribution in [0.1, 0.15) is 46.0 Å². The van der Waals surface area contributed by atoms with E-state index in [0.29, 0.717) is 5.91 Å². The van der Waals surface area contributed by atoms with Crippen molar-refractivity contribution < 1.29 is 4.79 Å². The van der Waals surface area contributed by atoms with Crippen LogP contribution in [0.15, 0.2) is 0 Å². The predicted molar refractivity (Wildman–Crippen MR) is 78.2 cm³/mol. The molecule has 0 radical (unpaired) electrons. The first kappa shape index (κ1) is 14.8. The van der Waals surface area contributed by atoms with Crippen LogP contribution >= 0.6 is 0 Å². The van der Waals surface area contributed by atoms with Gasteiger partial charge in [-0.15, -0.1) is 0 Å². The number of likely N-dealkylation sites (tertiary alicyclic amines) is 2. The molecule has 2 fully saturated rings. The highest BCUT2D eigenvalue weighted by Crippen LogP contribution is 2.17. The average Bonchev–Trinajstić information content (AvgIpc) is 2.74. The summed E-state index contributed by atoms with van der Waals surface area (Å²) in [6.07, 6.45) is 6.16. The van der Waals surface area contributed by atoms with Gasteiger partial charge in [0.2, 0.25) is 5.91 Å². The normalized spacial score (nSPS) is 29.2. The fourth-order valence-electron chi connectivity index (χ4n) is 3.35. The third-order valence-electron chi connectivity index (χ3n) is 4.56. The van der Waals surface area contributed by atoms with Crippen LogP contribution in [-0.2, 0) is 4.79 Å². The fraction of sp³-hybridized carbons (Fsp3) is 0.933. The summed E-state index contributed by atoms with van der Waals surface area (Å²) in [5.74, 6) is 0.313. The Hall–Kier alpha value is -0.610. The van der Waals surface area contributed by atoms with Crippen LogP contribution in [0.3, 0.4) is 0 Å². The summed E-state index contributed by atoms with van der Waals surface area (Å²) in [6, 6.07) is 0.816. The molecule has 2 rings (SSSR count). The molecule has 0 aliphatic carbocycles. The van der Waals surface area contributed by atoms with E-state index in [1.807, 2.05) is 4.90 Å². The lowest BCUT2D eigenvalue weighted by Gasteiger charge is -2.33. The quantitative estimate of drug-likeness (QED) is 0.791. The summed E-state index contributed by atoms with van der Waals surface area (Å²) in [6.45, 7) is 9.55. The Kier molecular flexibility index (Phi) is 5.64. The molecule has 0 aromatic rings. The molecule has 2 atom stereocenters. The number of carbonyl (C=O) groups is 1. The maximum Gasteiger partial charge on any atom is 0.239 e. The minimum absolute atomic E-state index is 0.0823. The Morgan fingerprint density at radius 1 is 1.21 bits per heavy atom. The highest BCUT2D eigenvalue weighted by Gasteiger charge is 2.30. The first-order valence-electron chi connectivity index (χ1n) is 7.98. The molecule has 1 amide bonds. The fourth-order valence-corrected chi connectivity index (χ4v) is 3.35.